The van der Waals surface area contributed by atoms with Crippen LogP contribution in [0.2, 0.25) is 0 Å². The van der Waals surface area contributed by atoms with Gasteiger partial charge in [0.25, 0.3) is 0 Å². The van der Waals surface area contributed by atoms with Gasteiger partial charge in [-0.3, -0.25) is 0 Å². The zero-order valence-corrected chi connectivity index (χ0v) is 7.78. The number of hydrogen-bond donors (Lipinski definition) is 2. The largest absolute Gasteiger partial charge is 0.393 e. The van der Waals surface area contributed by atoms with Gasteiger partial charge in [-0.1, -0.05) is 0 Å². The van der Waals surface area contributed by atoms with E-state index in [1.54, 1.807) is 6.92 Å². The monoisotopic (exact) mass is 161 g/mol. The van der Waals surface area contributed by atoms with E-state index in [1.807, 2.05) is 25.9 Å². The van der Waals surface area contributed by atoms with Crippen LogP contribution in [0, 0.1) is 0 Å². The van der Waals surface area contributed by atoms with Crippen LogP contribution in [0.5, 0.6) is 0 Å². The van der Waals surface area contributed by atoms with E-state index in [9.17, 15) is 5.11 Å². The summed E-state index contributed by atoms with van der Waals surface area (Å²) < 4.78 is 0. The van der Waals surface area contributed by atoms with Crippen LogP contribution >= 0.6 is 0 Å². The van der Waals surface area contributed by atoms with Crippen molar-refractivity contribution < 1.29 is 10.2 Å². The maximum Gasteiger partial charge on any atom is 0.0716 e. The molecular formula is C8H19NO2. The van der Waals surface area contributed by atoms with E-state index in [-0.39, 0.29) is 6.04 Å². The van der Waals surface area contributed by atoms with Gasteiger partial charge in [0.1, 0.15) is 0 Å². The Morgan fingerprint density at radius 2 is 1.64 bits per heavy atom. The molecule has 0 spiro atoms. The molecule has 2 N–H and O–H groups in total. The van der Waals surface area contributed by atoms with Crippen molar-refractivity contribution >= 4 is 0 Å². The van der Waals surface area contributed by atoms with Crippen molar-refractivity contribution in [3.8, 4) is 0 Å². The number of hydrogen-bond acceptors (Lipinski definition) is 3. The van der Waals surface area contributed by atoms with Crippen LogP contribution in [-0.4, -0.2) is 47.5 Å². The second kappa shape index (κ2) is 4.70. The molecular weight excluding hydrogens is 142 g/mol. The van der Waals surface area contributed by atoms with Gasteiger partial charge < -0.3 is 15.1 Å². The summed E-state index contributed by atoms with van der Waals surface area (Å²) in [6.07, 6.45) is -0.420. The molecule has 3 nitrogen and oxygen atoms in total. The summed E-state index contributed by atoms with van der Waals surface area (Å²) >= 11 is 0. The lowest BCUT2D eigenvalue weighted by Gasteiger charge is -2.25. The smallest absolute Gasteiger partial charge is 0.0716 e. The molecule has 0 aromatic heterocycles. The summed E-state index contributed by atoms with van der Waals surface area (Å²) in [5.41, 5.74) is 0. The molecule has 0 aliphatic carbocycles. The number of aliphatic hydroxyl groups excluding tert-OH is 2. The van der Waals surface area contributed by atoms with Gasteiger partial charge in [0.15, 0.2) is 0 Å². The summed E-state index contributed by atoms with van der Waals surface area (Å²) in [5, 5.41) is 18.4. The molecule has 3 atom stereocenters. The van der Waals surface area contributed by atoms with Gasteiger partial charge in [0, 0.05) is 12.5 Å². The van der Waals surface area contributed by atoms with Crippen LogP contribution in [-0.2, 0) is 0 Å². The van der Waals surface area contributed by atoms with Crippen molar-refractivity contribution in [2.24, 2.45) is 0 Å². The molecule has 0 amide bonds. The molecule has 0 radical (unpaired) electrons. The van der Waals surface area contributed by atoms with Crippen LogP contribution in [0.25, 0.3) is 0 Å². The van der Waals surface area contributed by atoms with Gasteiger partial charge in [0.2, 0.25) is 0 Å². The Bertz CT molecular complexity index is 104. The van der Waals surface area contributed by atoms with Crippen molar-refractivity contribution in [3.63, 3.8) is 0 Å². The van der Waals surface area contributed by atoms with E-state index in [0.717, 1.165) is 0 Å². The molecule has 3 heteroatoms. The predicted octanol–water partition coefficient (Wildman–Crippen LogP) is 0.0683. The van der Waals surface area contributed by atoms with Gasteiger partial charge in [-0.15, -0.1) is 0 Å². The van der Waals surface area contributed by atoms with Crippen LogP contribution in [0.3, 0.4) is 0 Å². The van der Waals surface area contributed by atoms with Crippen molar-refractivity contribution in [1.29, 1.82) is 0 Å². The molecule has 11 heavy (non-hydrogen) atoms. The summed E-state index contributed by atoms with van der Waals surface area (Å²) in [7, 11) is 3.83. The van der Waals surface area contributed by atoms with Gasteiger partial charge >= 0.3 is 0 Å². The normalized spacial score (nSPS) is 19.9. The number of nitrogens with zero attached hydrogens (tertiary/aromatic N) is 1. The second-order valence-corrected chi connectivity index (χ2v) is 3.36. The molecule has 68 valence electrons. The second-order valence-electron chi connectivity index (χ2n) is 3.36. The third kappa shape index (κ3) is 4.35. The maximum absolute atomic E-state index is 9.46. The molecule has 0 saturated carbocycles. The van der Waals surface area contributed by atoms with E-state index in [0.29, 0.717) is 6.42 Å². The summed E-state index contributed by atoms with van der Waals surface area (Å²) in [5.74, 6) is 0. The van der Waals surface area contributed by atoms with Crippen LogP contribution in [0.4, 0.5) is 0 Å². The minimum absolute atomic E-state index is 0.101. The zero-order valence-electron chi connectivity index (χ0n) is 7.78. The molecule has 3 unspecified atom stereocenters. The number of aliphatic hydroxyl groups is 2. The average Bonchev–Trinajstić information content (AvgIpc) is 1.84. The van der Waals surface area contributed by atoms with Crippen molar-refractivity contribution in [2.45, 2.75) is 38.5 Å². The Morgan fingerprint density at radius 3 is 1.91 bits per heavy atom. The summed E-state index contributed by atoms with van der Waals surface area (Å²) in [6.45, 7) is 3.62. The Kier molecular flexibility index (Phi) is 4.65. The Balaban J connectivity index is 3.73. The highest BCUT2D eigenvalue weighted by Gasteiger charge is 2.17. The van der Waals surface area contributed by atoms with E-state index >= 15 is 0 Å². The van der Waals surface area contributed by atoms with Gasteiger partial charge in [0.05, 0.1) is 12.2 Å². The third-order valence-electron chi connectivity index (χ3n) is 1.95. The maximum atomic E-state index is 9.46. The fraction of sp³-hybridized carbons (Fsp3) is 1.00. The molecule has 0 saturated heterocycles. The topological polar surface area (TPSA) is 43.7 Å². The van der Waals surface area contributed by atoms with E-state index in [1.165, 1.54) is 0 Å². The quantitative estimate of drug-likeness (QED) is 0.613. The lowest BCUT2D eigenvalue weighted by Crippen LogP contribution is -2.37. The van der Waals surface area contributed by atoms with Crippen molar-refractivity contribution in [1.82, 2.24) is 4.90 Å². The lowest BCUT2D eigenvalue weighted by molar-refractivity contribution is 0.0397. The molecule has 0 heterocycles. The first-order valence-electron chi connectivity index (χ1n) is 3.97. The Labute approximate surface area is 68.6 Å². The highest BCUT2D eigenvalue weighted by molar-refractivity contribution is 4.71. The molecule has 0 bridgehead atoms. The van der Waals surface area contributed by atoms with Gasteiger partial charge in [-0.25, -0.2) is 0 Å². The number of likely N-dealkylation sites (N-methyl/N-ethyl adjacent to an activating group) is 1. The van der Waals surface area contributed by atoms with E-state index in [2.05, 4.69) is 0 Å². The summed E-state index contributed by atoms with van der Waals surface area (Å²) in [6, 6.07) is 0.101. The highest BCUT2D eigenvalue weighted by Crippen LogP contribution is 2.06. The van der Waals surface area contributed by atoms with Crippen LogP contribution in [0.15, 0.2) is 0 Å². The van der Waals surface area contributed by atoms with Gasteiger partial charge in [-0.2, -0.15) is 0 Å². The first-order valence-corrected chi connectivity index (χ1v) is 3.97. The van der Waals surface area contributed by atoms with E-state index < -0.39 is 12.2 Å². The molecule has 0 fully saturated rings. The molecule has 0 aliphatic rings. The van der Waals surface area contributed by atoms with Crippen molar-refractivity contribution in [2.75, 3.05) is 14.1 Å². The molecule has 0 rings (SSSR count). The molecule has 0 aliphatic heterocycles. The first-order chi connectivity index (χ1) is 4.95. The van der Waals surface area contributed by atoms with Crippen LogP contribution < -0.4 is 0 Å². The highest BCUT2D eigenvalue weighted by atomic mass is 16.3. The first kappa shape index (κ1) is 10.9. The minimum atomic E-state index is -0.440. The fourth-order valence-electron chi connectivity index (χ4n) is 0.891. The number of rotatable bonds is 4. The fourth-order valence-corrected chi connectivity index (χ4v) is 0.891. The van der Waals surface area contributed by atoms with Gasteiger partial charge in [-0.05, 0) is 27.9 Å². The summed E-state index contributed by atoms with van der Waals surface area (Å²) in [4.78, 5) is 1.94. The standard InChI is InChI=1S/C8H19NO2/c1-6(10)5-8(11)7(2)9(3)4/h6-8,10-11H,5H2,1-4H3. The Morgan fingerprint density at radius 1 is 1.18 bits per heavy atom. The molecule has 0 aromatic carbocycles. The zero-order chi connectivity index (χ0) is 9.02. The predicted molar refractivity (Wildman–Crippen MR) is 45.5 cm³/mol. The van der Waals surface area contributed by atoms with E-state index in [4.69, 9.17) is 5.11 Å². The van der Waals surface area contributed by atoms with Crippen molar-refractivity contribution in [3.05, 3.63) is 0 Å². The SMILES string of the molecule is CC(O)CC(O)C(C)N(C)C. The third-order valence-corrected chi connectivity index (χ3v) is 1.95. The van der Waals surface area contributed by atoms with Crippen LogP contribution in [0.1, 0.15) is 20.3 Å². The minimum Gasteiger partial charge on any atom is -0.393 e. The average molecular weight is 161 g/mol. The Hall–Kier alpha value is -0.120. The molecule has 0 aromatic rings. The lowest BCUT2D eigenvalue weighted by atomic mass is 10.1.